The van der Waals surface area contributed by atoms with Crippen molar-refractivity contribution in [3.05, 3.63) is 12.4 Å². The van der Waals surface area contributed by atoms with Crippen molar-refractivity contribution in [3.8, 4) is 0 Å². The molecule has 2 atom stereocenters. The number of piperidine rings is 2. The molecule has 0 aliphatic carbocycles. The fourth-order valence-corrected chi connectivity index (χ4v) is 3.27. The molecule has 0 aromatic carbocycles. The van der Waals surface area contributed by atoms with Crippen LogP contribution in [-0.2, 0) is 11.8 Å². The summed E-state index contributed by atoms with van der Waals surface area (Å²) in [5.41, 5.74) is 0.875. The van der Waals surface area contributed by atoms with E-state index >= 15 is 0 Å². The first kappa shape index (κ1) is 13.6. The van der Waals surface area contributed by atoms with Crippen LogP contribution < -0.4 is 4.90 Å². The summed E-state index contributed by atoms with van der Waals surface area (Å²) in [4.78, 5) is 16.7. The standard InChI is InChI=1S/C14H22N4O2/c1-16-9-11(8-15-16)18-7-3-5-13(14(18)20)17-6-2-4-12(19)10-17/h8-9,12-13,19H,2-7,10H2,1H3. The number of carbonyl (C=O) groups is 1. The van der Waals surface area contributed by atoms with E-state index in [4.69, 9.17) is 0 Å². The number of carbonyl (C=O) groups excluding carboxylic acids is 1. The van der Waals surface area contributed by atoms with Crippen molar-refractivity contribution in [2.75, 3.05) is 24.5 Å². The van der Waals surface area contributed by atoms with Crippen LogP contribution in [0.1, 0.15) is 25.7 Å². The molecular weight excluding hydrogens is 256 g/mol. The van der Waals surface area contributed by atoms with Gasteiger partial charge in [0.1, 0.15) is 0 Å². The zero-order chi connectivity index (χ0) is 14.1. The first-order chi connectivity index (χ1) is 9.65. The third-order valence-corrected chi connectivity index (χ3v) is 4.28. The molecule has 0 saturated carbocycles. The number of aliphatic hydroxyl groups is 1. The summed E-state index contributed by atoms with van der Waals surface area (Å²) < 4.78 is 1.72. The van der Waals surface area contributed by atoms with Gasteiger partial charge in [-0.1, -0.05) is 0 Å². The van der Waals surface area contributed by atoms with Gasteiger partial charge in [-0.05, 0) is 32.2 Å². The molecule has 0 bridgehead atoms. The van der Waals surface area contributed by atoms with Crippen LogP contribution in [0.5, 0.6) is 0 Å². The van der Waals surface area contributed by atoms with E-state index in [-0.39, 0.29) is 18.1 Å². The van der Waals surface area contributed by atoms with Crippen LogP contribution in [0.2, 0.25) is 0 Å². The van der Waals surface area contributed by atoms with Crippen molar-refractivity contribution in [2.45, 2.75) is 37.8 Å². The highest BCUT2D eigenvalue weighted by atomic mass is 16.3. The Hall–Kier alpha value is -1.40. The fourth-order valence-electron chi connectivity index (χ4n) is 3.27. The minimum absolute atomic E-state index is 0.0843. The average molecular weight is 278 g/mol. The monoisotopic (exact) mass is 278 g/mol. The number of rotatable bonds is 2. The summed E-state index contributed by atoms with van der Waals surface area (Å²) in [7, 11) is 1.86. The normalized spacial score (nSPS) is 28.9. The number of aryl methyl sites for hydroxylation is 1. The summed E-state index contributed by atoms with van der Waals surface area (Å²) in [6.07, 6.45) is 7.05. The van der Waals surface area contributed by atoms with Crippen molar-refractivity contribution in [2.24, 2.45) is 7.05 Å². The van der Waals surface area contributed by atoms with Gasteiger partial charge in [0.2, 0.25) is 5.91 Å². The highest BCUT2D eigenvalue weighted by Gasteiger charge is 2.36. The van der Waals surface area contributed by atoms with E-state index in [1.165, 1.54) is 0 Å². The molecule has 3 heterocycles. The Labute approximate surface area is 119 Å². The van der Waals surface area contributed by atoms with E-state index in [0.29, 0.717) is 6.54 Å². The number of nitrogens with zero attached hydrogens (tertiary/aromatic N) is 4. The van der Waals surface area contributed by atoms with Crippen LogP contribution in [0.3, 0.4) is 0 Å². The molecule has 1 N–H and O–H groups in total. The van der Waals surface area contributed by atoms with E-state index in [2.05, 4.69) is 10.00 Å². The van der Waals surface area contributed by atoms with Crippen molar-refractivity contribution >= 4 is 11.6 Å². The summed E-state index contributed by atoms with van der Waals surface area (Å²) in [5, 5.41) is 13.9. The van der Waals surface area contributed by atoms with Gasteiger partial charge in [0, 0.05) is 26.3 Å². The maximum absolute atomic E-state index is 12.7. The molecule has 110 valence electrons. The van der Waals surface area contributed by atoms with E-state index in [0.717, 1.165) is 44.5 Å². The minimum atomic E-state index is -0.287. The summed E-state index contributed by atoms with van der Waals surface area (Å²) in [5.74, 6) is 0.151. The quantitative estimate of drug-likeness (QED) is 0.849. The highest BCUT2D eigenvalue weighted by Crippen LogP contribution is 2.25. The second kappa shape index (κ2) is 5.54. The van der Waals surface area contributed by atoms with Crippen molar-refractivity contribution in [3.63, 3.8) is 0 Å². The maximum atomic E-state index is 12.7. The smallest absolute Gasteiger partial charge is 0.244 e. The summed E-state index contributed by atoms with van der Waals surface area (Å²) >= 11 is 0. The Morgan fingerprint density at radius 3 is 2.80 bits per heavy atom. The number of aliphatic hydroxyl groups excluding tert-OH is 1. The largest absolute Gasteiger partial charge is 0.392 e. The van der Waals surface area contributed by atoms with E-state index in [9.17, 15) is 9.90 Å². The third kappa shape index (κ3) is 2.58. The topological polar surface area (TPSA) is 61.6 Å². The predicted molar refractivity (Wildman–Crippen MR) is 75.4 cm³/mol. The lowest BCUT2D eigenvalue weighted by molar-refractivity contribution is -0.126. The number of hydrogen-bond acceptors (Lipinski definition) is 4. The number of aromatic nitrogens is 2. The number of likely N-dealkylation sites (tertiary alicyclic amines) is 1. The SMILES string of the molecule is Cn1cc(N2CCCC(N3CCCC(O)C3)C2=O)cn1. The second-order valence-corrected chi connectivity index (χ2v) is 5.81. The highest BCUT2D eigenvalue weighted by molar-refractivity contribution is 5.97. The molecule has 6 heteroatoms. The van der Waals surface area contributed by atoms with Gasteiger partial charge in [-0.2, -0.15) is 5.10 Å². The molecule has 6 nitrogen and oxygen atoms in total. The Bertz CT molecular complexity index is 487. The molecule has 2 fully saturated rings. The number of hydrogen-bond donors (Lipinski definition) is 1. The average Bonchev–Trinajstić information content (AvgIpc) is 2.85. The molecule has 1 aromatic heterocycles. The van der Waals surface area contributed by atoms with E-state index in [1.807, 2.05) is 18.1 Å². The number of anilines is 1. The number of β-amino-alcohol motifs (C(OH)–C–C–N with tert-alkyl or cyclic N) is 1. The molecule has 2 aliphatic rings. The van der Waals surface area contributed by atoms with Gasteiger partial charge in [0.25, 0.3) is 0 Å². The van der Waals surface area contributed by atoms with Crippen LogP contribution in [0.4, 0.5) is 5.69 Å². The zero-order valence-corrected chi connectivity index (χ0v) is 11.9. The van der Waals surface area contributed by atoms with Gasteiger partial charge in [-0.25, -0.2) is 0 Å². The second-order valence-electron chi connectivity index (χ2n) is 5.81. The molecule has 1 aromatic rings. The van der Waals surface area contributed by atoms with Crippen molar-refractivity contribution < 1.29 is 9.90 Å². The fraction of sp³-hybridized carbons (Fsp3) is 0.714. The van der Waals surface area contributed by atoms with Crippen LogP contribution in [0.15, 0.2) is 12.4 Å². The molecular formula is C14H22N4O2. The molecule has 0 spiro atoms. The van der Waals surface area contributed by atoms with Crippen LogP contribution in [-0.4, -0.2) is 57.5 Å². The maximum Gasteiger partial charge on any atom is 0.244 e. The molecule has 0 radical (unpaired) electrons. The van der Waals surface area contributed by atoms with Gasteiger partial charge in [0.05, 0.1) is 24.0 Å². The molecule has 20 heavy (non-hydrogen) atoms. The molecule has 3 rings (SSSR count). The van der Waals surface area contributed by atoms with Crippen LogP contribution >= 0.6 is 0 Å². The molecule has 1 amide bonds. The summed E-state index contributed by atoms with van der Waals surface area (Å²) in [6.45, 7) is 2.29. The Morgan fingerprint density at radius 2 is 2.10 bits per heavy atom. The van der Waals surface area contributed by atoms with Crippen molar-refractivity contribution in [1.29, 1.82) is 0 Å². The van der Waals surface area contributed by atoms with Crippen molar-refractivity contribution in [1.82, 2.24) is 14.7 Å². The minimum Gasteiger partial charge on any atom is -0.392 e. The van der Waals surface area contributed by atoms with Crippen LogP contribution in [0.25, 0.3) is 0 Å². The first-order valence-electron chi connectivity index (χ1n) is 7.37. The van der Waals surface area contributed by atoms with Crippen LogP contribution in [0, 0.1) is 0 Å². The van der Waals surface area contributed by atoms with Gasteiger partial charge in [0.15, 0.2) is 0 Å². The Kier molecular flexibility index (Phi) is 3.76. The lowest BCUT2D eigenvalue weighted by Gasteiger charge is -2.40. The lowest BCUT2D eigenvalue weighted by atomic mass is 9.99. The zero-order valence-electron chi connectivity index (χ0n) is 11.9. The van der Waals surface area contributed by atoms with Gasteiger partial charge >= 0.3 is 0 Å². The number of amides is 1. The third-order valence-electron chi connectivity index (χ3n) is 4.28. The lowest BCUT2D eigenvalue weighted by Crippen LogP contribution is -2.55. The van der Waals surface area contributed by atoms with Gasteiger partial charge in [-0.3, -0.25) is 14.4 Å². The van der Waals surface area contributed by atoms with E-state index in [1.54, 1.807) is 10.9 Å². The van der Waals surface area contributed by atoms with Gasteiger partial charge in [-0.15, -0.1) is 0 Å². The predicted octanol–water partition coefficient (Wildman–Crippen LogP) is 0.372. The first-order valence-corrected chi connectivity index (χ1v) is 7.37. The molecule has 2 aliphatic heterocycles. The Morgan fingerprint density at radius 1 is 1.30 bits per heavy atom. The molecule has 2 saturated heterocycles. The molecule has 2 unspecified atom stereocenters. The van der Waals surface area contributed by atoms with E-state index < -0.39 is 0 Å². The summed E-state index contributed by atoms with van der Waals surface area (Å²) in [6, 6.07) is -0.0843. The Balaban J connectivity index is 1.74. The van der Waals surface area contributed by atoms with Gasteiger partial charge < -0.3 is 10.0 Å².